The molecule has 0 aromatic carbocycles. The zero-order valence-corrected chi connectivity index (χ0v) is 10.9. The fourth-order valence-electron chi connectivity index (χ4n) is 3.23. The van der Waals surface area contributed by atoms with Gasteiger partial charge in [-0.05, 0) is 55.7 Å². The third-order valence-corrected chi connectivity index (χ3v) is 4.00. The summed E-state index contributed by atoms with van der Waals surface area (Å²) in [6, 6.07) is 0. The van der Waals surface area contributed by atoms with Crippen LogP contribution in [0.1, 0.15) is 59.3 Å². The van der Waals surface area contributed by atoms with E-state index in [1.54, 1.807) is 11.1 Å². The molecule has 2 aliphatic rings. The number of hydrogen-bond acceptors (Lipinski definition) is 1. The van der Waals surface area contributed by atoms with E-state index in [-0.39, 0.29) is 0 Å². The van der Waals surface area contributed by atoms with E-state index in [0.29, 0.717) is 12.2 Å². The lowest BCUT2D eigenvalue weighted by Gasteiger charge is -2.38. The topological polar surface area (TPSA) is 9.23 Å². The van der Waals surface area contributed by atoms with Crippen LogP contribution in [0.3, 0.4) is 0 Å². The van der Waals surface area contributed by atoms with E-state index in [1.165, 1.54) is 37.7 Å². The van der Waals surface area contributed by atoms with E-state index in [1.807, 2.05) is 0 Å². The number of hydrogen-bond donors (Lipinski definition) is 0. The van der Waals surface area contributed by atoms with Gasteiger partial charge in [-0.25, -0.2) is 0 Å². The van der Waals surface area contributed by atoms with Gasteiger partial charge in [0, 0.05) is 0 Å². The average molecular weight is 220 g/mol. The monoisotopic (exact) mass is 220 g/mol. The molecule has 0 N–H and O–H groups in total. The Kier molecular flexibility index (Phi) is 3.86. The summed E-state index contributed by atoms with van der Waals surface area (Å²) in [5.74, 6) is 0. The minimum absolute atomic E-state index is 0.354. The van der Waals surface area contributed by atoms with Crippen LogP contribution in [-0.2, 0) is 4.74 Å². The normalized spacial score (nSPS) is 33.1. The standard InChI is InChI=1S/C15H24O/c1-4-11-12(5-2)14(6-3)16-15-10-8-7-9-13(11)15/h5,14-15H,4,6-10H2,1-3H3/b12-5-/t14-,15-/m1/s1. The van der Waals surface area contributed by atoms with Gasteiger partial charge in [-0.15, -0.1) is 0 Å². The van der Waals surface area contributed by atoms with Crippen LogP contribution in [0.2, 0.25) is 0 Å². The summed E-state index contributed by atoms with van der Waals surface area (Å²) in [6.07, 6.45) is 10.5. The molecule has 1 fully saturated rings. The third kappa shape index (κ3) is 1.98. The summed E-state index contributed by atoms with van der Waals surface area (Å²) >= 11 is 0. The van der Waals surface area contributed by atoms with Crippen molar-refractivity contribution in [1.29, 1.82) is 0 Å². The number of rotatable bonds is 2. The smallest absolute Gasteiger partial charge is 0.0830 e. The molecule has 0 amide bonds. The highest BCUT2D eigenvalue weighted by molar-refractivity contribution is 5.42. The van der Waals surface area contributed by atoms with Crippen molar-refractivity contribution in [3.63, 3.8) is 0 Å². The van der Waals surface area contributed by atoms with Gasteiger partial charge in [0.1, 0.15) is 0 Å². The van der Waals surface area contributed by atoms with Crippen LogP contribution in [-0.4, -0.2) is 12.2 Å². The minimum atomic E-state index is 0.354. The molecule has 0 radical (unpaired) electrons. The Morgan fingerprint density at radius 3 is 2.75 bits per heavy atom. The van der Waals surface area contributed by atoms with E-state index >= 15 is 0 Å². The molecule has 2 atom stereocenters. The molecule has 0 saturated heterocycles. The Labute approximate surface area is 99.6 Å². The average Bonchev–Trinajstić information content (AvgIpc) is 2.36. The van der Waals surface area contributed by atoms with Gasteiger partial charge in [0.05, 0.1) is 12.2 Å². The van der Waals surface area contributed by atoms with Crippen molar-refractivity contribution >= 4 is 0 Å². The van der Waals surface area contributed by atoms with Crippen LogP contribution in [0.4, 0.5) is 0 Å². The fourth-order valence-corrected chi connectivity index (χ4v) is 3.23. The zero-order chi connectivity index (χ0) is 11.5. The molecule has 2 rings (SSSR count). The molecule has 0 aromatic heterocycles. The van der Waals surface area contributed by atoms with Gasteiger partial charge >= 0.3 is 0 Å². The lowest BCUT2D eigenvalue weighted by Crippen LogP contribution is -2.33. The summed E-state index contributed by atoms with van der Waals surface area (Å²) < 4.78 is 6.25. The molecule has 1 saturated carbocycles. The van der Waals surface area contributed by atoms with Gasteiger partial charge < -0.3 is 4.74 Å². The van der Waals surface area contributed by atoms with Crippen LogP contribution in [0.5, 0.6) is 0 Å². The Bertz CT molecular complexity index is 311. The number of allylic oxidation sites excluding steroid dienone is 1. The third-order valence-electron chi connectivity index (χ3n) is 4.00. The molecule has 0 aromatic rings. The first-order valence-electron chi connectivity index (χ1n) is 6.85. The number of fused-ring (bicyclic) bond motifs is 1. The maximum Gasteiger partial charge on any atom is 0.0830 e. The van der Waals surface area contributed by atoms with Crippen LogP contribution in [0.25, 0.3) is 0 Å². The Morgan fingerprint density at radius 2 is 2.12 bits per heavy atom. The quantitative estimate of drug-likeness (QED) is 0.670. The van der Waals surface area contributed by atoms with Crippen molar-refractivity contribution in [2.75, 3.05) is 0 Å². The summed E-state index contributed by atoms with van der Waals surface area (Å²) in [7, 11) is 0. The zero-order valence-electron chi connectivity index (χ0n) is 10.9. The van der Waals surface area contributed by atoms with Gasteiger partial charge in [-0.1, -0.05) is 26.3 Å². The molecular weight excluding hydrogens is 196 g/mol. The van der Waals surface area contributed by atoms with E-state index in [2.05, 4.69) is 26.8 Å². The molecule has 1 aliphatic heterocycles. The van der Waals surface area contributed by atoms with Crippen molar-refractivity contribution in [2.45, 2.75) is 71.5 Å². The number of ether oxygens (including phenoxy) is 1. The molecule has 1 aliphatic carbocycles. The first-order valence-corrected chi connectivity index (χ1v) is 6.85. The van der Waals surface area contributed by atoms with Crippen molar-refractivity contribution in [3.8, 4) is 0 Å². The molecule has 0 spiro atoms. The molecule has 1 heterocycles. The van der Waals surface area contributed by atoms with Crippen LogP contribution in [0.15, 0.2) is 22.8 Å². The molecular formula is C15H24O. The molecule has 0 bridgehead atoms. The first-order chi connectivity index (χ1) is 7.81. The van der Waals surface area contributed by atoms with Crippen molar-refractivity contribution in [3.05, 3.63) is 22.8 Å². The minimum Gasteiger partial charge on any atom is -0.366 e. The first kappa shape index (κ1) is 11.9. The molecule has 16 heavy (non-hydrogen) atoms. The van der Waals surface area contributed by atoms with Crippen molar-refractivity contribution in [1.82, 2.24) is 0 Å². The maximum absolute atomic E-state index is 6.25. The van der Waals surface area contributed by atoms with Gasteiger partial charge in [0.2, 0.25) is 0 Å². The van der Waals surface area contributed by atoms with E-state index in [0.717, 1.165) is 6.42 Å². The second-order valence-corrected chi connectivity index (χ2v) is 4.87. The van der Waals surface area contributed by atoms with E-state index in [4.69, 9.17) is 4.74 Å². The van der Waals surface area contributed by atoms with Gasteiger partial charge in [-0.3, -0.25) is 0 Å². The lowest BCUT2D eigenvalue weighted by atomic mass is 9.80. The SMILES string of the molecule is C/C=C1/C(CC)=C2CCCC[C@H]2O[C@@H]1CC. The highest BCUT2D eigenvalue weighted by atomic mass is 16.5. The van der Waals surface area contributed by atoms with E-state index in [9.17, 15) is 0 Å². The fraction of sp³-hybridized carbons (Fsp3) is 0.733. The van der Waals surface area contributed by atoms with Gasteiger partial charge in [0.25, 0.3) is 0 Å². The molecule has 90 valence electrons. The molecule has 1 heteroatoms. The summed E-state index contributed by atoms with van der Waals surface area (Å²) in [4.78, 5) is 0. The van der Waals surface area contributed by atoms with Crippen LogP contribution < -0.4 is 0 Å². The molecule has 0 unspecified atom stereocenters. The second-order valence-electron chi connectivity index (χ2n) is 4.87. The lowest BCUT2D eigenvalue weighted by molar-refractivity contribution is 0.00478. The summed E-state index contributed by atoms with van der Waals surface area (Å²) in [5.41, 5.74) is 4.70. The highest BCUT2D eigenvalue weighted by Crippen LogP contribution is 2.40. The Hall–Kier alpha value is -0.560. The second kappa shape index (κ2) is 5.18. The van der Waals surface area contributed by atoms with E-state index < -0.39 is 0 Å². The molecule has 1 nitrogen and oxygen atoms in total. The van der Waals surface area contributed by atoms with Gasteiger partial charge in [0.15, 0.2) is 0 Å². The van der Waals surface area contributed by atoms with Crippen molar-refractivity contribution in [2.24, 2.45) is 0 Å². The summed E-state index contributed by atoms with van der Waals surface area (Å²) in [6.45, 7) is 6.67. The van der Waals surface area contributed by atoms with Crippen LogP contribution >= 0.6 is 0 Å². The maximum atomic E-state index is 6.25. The van der Waals surface area contributed by atoms with Crippen molar-refractivity contribution < 1.29 is 4.74 Å². The van der Waals surface area contributed by atoms with Crippen LogP contribution in [0, 0.1) is 0 Å². The largest absolute Gasteiger partial charge is 0.366 e. The summed E-state index contributed by atoms with van der Waals surface area (Å²) in [5, 5.41) is 0. The predicted octanol–water partition coefficient (Wildman–Crippen LogP) is 4.39. The Morgan fingerprint density at radius 1 is 1.31 bits per heavy atom. The predicted molar refractivity (Wildman–Crippen MR) is 68.5 cm³/mol. The van der Waals surface area contributed by atoms with Gasteiger partial charge in [-0.2, -0.15) is 0 Å². The Balaban J connectivity index is 2.37. The highest BCUT2D eigenvalue weighted by Gasteiger charge is 2.32.